The van der Waals surface area contributed by atoms with E-state index in [0.29, 0.717) is 11.8 Å². The molecule has 0 radical (unpaired) electrons. The molecular formula is C13H18N4O2. The first-order valence-electron chi connectivity index (χ1n) is 6.66. The maximum atomic E-state index is 10.8. The van der Waals surface area contributed by atoms with Gasteiger partial charge in [-0.05, 0) is 31.6 Å². The van der Waals surface area contributed by atoms with Crippen molar-refractivity contribution in [2.24, 2.45) is 11.8 Å². The lowest BCUT2D eigenvalue weighted by atomic mass is 9.92. The highest BCUT2D eigenvalue weighted by Crippen LogP contribution is 2.38. The van der Waals surface area contributed by atoms with Gasteiger partial charge in [-0.15, -0.1) is 0 Å². The Morgan fingerprint density at radius 1 is 1.37 bits per heavy atom. The van der Waals surface area contributed by atoms with Gasteiger partial charge in [0.1, 0.15) is 12.1 Å². The summed E-state index contributed by atoms with van der Waals surface area (Å²) < 4.78 is 0. The molecule has 1 aromatic heterocycles. The number of rotatable bonds is 2. The lowest BCUT2D eigenvalue weighted by Crippen LogP contribution is -2.52. The monoisotopic (exact) mass is 262 g/mol. The second-order valence-electron chi connectivity index (χ2n) is 5.50. The van der Waals surface area contributed by atoms with Crippen molar-refractivity contribution in [2.45, 2.75) is 25.8 Å². The highest BCUT2D eigenvalue weighted by atomic mass is 16.4. The van der Waals surface area contributed by atoms with Crippen molar-refractivity contribution in [3.63, 3.8) is 0 Å². The number of carboxylic acid groups (broad SMARTS) is 1. The molecule has 2 N–H and O–H groups in total. The quantitative estimate of drug-likeness (QED) is 0.839. The fourth-order valence-corrected chi connectivity index (χ4v) is 3.40. The maximum Gasteiger partial charge on any atom is 0.404 e. The number of piperidine rings is 1. The number of hydrogen-bond donors (Lipinski definition) is 2. The number of amides is 1. The second kappa shape index (κ2) is 4.68. The van der Waals surface area contributed by atoms with Crippen LogP contribution in [-0.4, -0.2) is 40.3 Å². The summed E-state index contributed by atoms with van der Waals surface area (Å²) in [6.45, 7) is 3.70. The number of nitrogens with zero attached hydrogens (tertiary/aromatic N) is 3. The van der Waals surface area contributed by atoms with E-state index in [2.05, 4.69) is 20.2 Å². The summed E-state index contributed by atoms with van der Waals surface area (Å²) in [6, 6.07) is 2.10. The Labute approximate surface area is 111 Å². The van der Waals surface area contributed by atoms with Gasteiger partial charge < -0.3 is 15.3 Å². The fourth-order valence-electron chi connectivity index (χ4n) is 3.40. The standard InChI is InChI=1S/C13H18N4O2/c1-8-4-11(15-7-14-8)17-5-9-2-3-10(6-17)12(9)16-13(18)19/h4,7,9-10,12,16H,2-3,5-6H2,1H3,(H,18,19)/t9-,10+,12+. The Morgan fingerprint density at radius 2 is 2.05 bits per heavy atom. The molecular weight excluding hydrogens is 244 g/mol. The first-order chi connectivity index (χ1) is 9.13. The van der Waals surface area contributed by atoms with Crippen LogP contribution < -0.4 is 10.2 Å². The van der Waals surface area contributed by atoms with Crippen molar-refractivity contribution >= 4 is 11.9 Å². The van der Waals surface area contributed by atoms with Crippen LogP contribution in [-0.2, 0) is 0 Å². The van der Waals surface area contributed by atoms with E-state index in [1.165, 1.54) is 0 Å². The van der Waals surface area contributed by atoms with Crippen LogP contribution in [0.25, 0.3) is 0 Å². The van der Waals surface area contributed by atoms with Gasteiger partial charge in [0, 0.05) is 30.9 Å². The fraction of sp³-hybridized carbons (Fsp3) is 0.615. The lowest BCUT2D eigenvalue weighted by Gasteiger charge is -2.38. The smallest absolute Gasteiger partial charge is 0.404 e. The molecule has 1 amide bonds. The molecule has 2 aliphatic rings. The summed E-state index contributed by atoms with van der Waals surface area (Å²) in [5, 5.41) is 11.6. The lowest BCUT2D eigenvalue weighted by molar-refractivity contribution is 0.178. The molecule has 0 spiro atoms. The van der Waals surface area contributed by atoms with Gasteiger partial charge in [0.25, 0.3) is 0 Å². The zero-order valence-electron chi connectivity index (χ0n) is 10.9. The third-order valence-corrected chi connectivity index (χ3v) is 4.24. The van der Waals surface area contributed by atoms with E-state index in [4.69, 9.17) is 5.11 Å². The normalized spacial score (nSPS) is 29.3. The zero-order chi connectivity index (χ0) is 13.4. The Bertz CT molecular complexity index is 479. The van der Waals surface area contributed by atoms with Gasteiger partial charge in [0.05, 0.1) is 0 Å². The van der Waals surface area contributed by atoms with Gasteiger partial charge in [0.2, 0.25) is 0 Å². The molecule has 3 atom stereocenters. The molecule has 1 saturated heterocycles. The molecule has 2 fully saturated rings. The van der Waals surface area contributed by atoms with Crippen LogP contribution in [0.1, 0.15) is 18.5 Å². The first-order valence-corrected chi connectivity index (χ1v) is 6.66. The Hall–Kier alpha value is -1.85. The van der Waals surface area contributed by atoms with Gasteiger partial charge in [-0.25, -0.2) is 14.8 Å². The van der Waals surface area contributed by atoms with Crippen LogP contribution in [0.2, 0.25) is 0 Å². The van der Waals surface area contributed by atoms with E-state index in [1.54, 1.807) is 6.33 Å². The van der Waals surface area contributed by atoms with E-state index >= 15 is 0 Å². The summed E-state index contributed by atoms with van der Waals surface area (Å²) in [7, 11) is 0. The minimum Gasteiger partial charge on any atom is -0.465 e. The van der Waals surface area contributed by atoms with Crippen LogP contribution in [0.5, 0.6) is 0 Å². The third-order valence-electron chi connectivity index (χ3n) is 4.24. The number of anilines is 1. The Morgan fingerprint density at radius 3 is 2.63 bits per heavy atom. The minimum atomic E-state index is -0.909. The molecule has 1 aliphatic carbocycles. The highest BCUT2D eigenvalue weighted by molar-refractivity contribution is 5.65. The molecule has 2 heterocycles. The minimum absolute atomic E-state index is 0.108. The van der Waals surface area contributed by atoms with E-state index in [1.807, 2.05) is 13.0 Å². The van der Waals surface area contributed by atoms with Crippen molar-refractivity contribution in [3.05, 3.63) is 18.1 Å². The van der Waals surface area contributed by atoms with Crippen molar-refractivity contribution < 1.29 is 9.90 Å². The average Bonchev–Trinajstić information content (AvgIpc) is 2.61. The topological polar surface area (TPSA) is 78.4 Å². The predicted octanol–water partition coefficient (Wildman–Crippen LogP) is 1.27. The summed E-state index contributed by atoms with van der Waals surface area (Å²) in [5.41, 5.74) is 0.961. The molecule has 1 aliphatic heterocycles. The Kier molecular flexibility index (Phi) is 3.00. The number of aryl methyl sites for hydroxylation is 1. The molecule has 2 bridgehead atoms. The van der Waals surface area contributed by atoms with Crippen molar-refractivity contribution in [2.75, 3.05) is 18.0 Å². The molecule has 6 nitrogen and oxygen atoms in total. The molecule has 3 rings (SSSR count). The molecule has 102 valence electrons. The molecule has 0 aromatic carbocycles. The van der Waals surface area contributed by atoms with E-state index < -0.39 is 6.09 Å². The largest absolute Gasteiger partial charge is 0.465 e. The summed E-state index contributed by atoms with van der Waals surface area (Å²) in [5.74, 6) is 1.74. The van der Waals surface area contributed by atoms with Gasteiger partial charge in [-0.2, -0.15) is 0 Å². The van der Waals surface area contributed by atoms with Crippen molar-refractivity contribution in [1.29, 1.82) is 0 Å². The van der Waals surface area contributed by atoms with Gasteiger partial charge in [0.15, 0.2) is 0 Å². The van der Waals surface area contributed by atoms with Crippen LogP contribution in [0.15, 0.2) is 12.4 Å². The maximum absolute atomic E-state index is 10.8. The van der Waals surface area contributed by atoms with Crippen molar-refractivity contribution in [1.82, 2.24) is 15.3 Å². The number of nitrogens with one attached hydrogen (secondary N) is 1. The third kappa shape index (κ3) is 2.34. The van der Waals surface area contributed by atoms with E-state index in [0.717, 1.165) is 37.4 Å². The first kappa shape index (κ1) is 12.2. The van der Waals surface area contributed by atoms with Crippen LogP contribution in [0, 0.1) is 18.8 Å². The number of carbonyl (C=O) groups is 1. The number of hydrogen-bond acceptors (Lipinski definition) is 4. The van der Waals surface area contributed by atoms with E-state index in [-0.39, 0.29) is 6.04 Å². The molecule has 6 heteroatoms. The predicted molar refractivity (Wildman–Crippen MR) is 70.1 cm³/mol. The second-order valence-corrected chi connectivity index (χ2v) is 5.50. The zero-order valence-corrected chi connectivity index (χ0v) is 10.9. The SMILES string of the molecule is Cc1cc(N2C[C@H]3CC[C@@H](C2)[C@H]3NC(=O)O)ncn1. The molecule has 1 aromatic rings. The molecule has 19 heavy (non-hydrogen) atoms. The summed E-state index contributed by atoms with van der Waals surface area (Å²) in [6.07, 6.45) is 2.87. The van der Waals surface area contributed by atoms with Crippen LogP contribution in [0.4, 0.5) is 10.6 Å². The van der Waals surface area contributed by atoms with E-state index in [9.17, 15) is 4.79 Å². The average molecular weight is 262 g/mol. The number of aromatic nitrogens is 2. The van der Waals surface area contributed by atoms with Crippen LogP contribution >= 0.6 is 0 Å². The van der Waals surface area contributed by atoms with Crippen molar-refractivity contribution in [3.8, 4) is 0 Å². The van der Waals surface area contributed by atoms with Gasteiger partial charge in [-0.1, -0.05) is 0 Å². The number of fused-ring (bicyclic) bond motifs is 2. The van der Waals surface area contributed by atoms with Gasteiger partial charge >= 0.3 is 6.09 Å². The molecule has 0 unspecified atom stereocenters. The summed E-state index contributed by atoms with van der Waals surface area (Å²) >= 11 is 0. The molecule has 1 saturated carbocycles. The highest BCUT2D eigenvalue weighted by Gasteiger charge is 2.43. The van der Waals surface area contributed by atoms with Gasteiger partial charge in [-0.3, -0.25) is 0 Å². The van der Waals surface area contributed by atoms with Crippen LogP contribution in [0.3, 0.4) is 0 Å². The Balaban J connectivity index is 1.75. The summed E-state index contributed by atoms with van der Waals surface area (Å²) in [4.78, 5) is 21.5.